The lowest BCUT2D eigenvalue weighted by Crippen LogP contribution is -2.00. The largest absolute Gasteiger partial charge is 0.481 e. The van der Waals surface area contributed by atoms with Crippen molar-refractivity contribution in [3.8, 4) is 5.88 Å². The molecule has 94 valence electrons. The second kappa shape index (κ2) is 6.11. The average Bonchev–Trinajstić information content (AvgIpc) is 2.39. The van der Waals surface area contributed by atoms with E-state index in [1.165, 1.54) is 0 Å². The first-order valence-corrected chi connectivity index (χ1v) is 7.44. The van der Waals surface area contributed by atoms with E-state index in [9.17, 15) is 4.21 Å². The van der Waals surface area contributed by atoms with Gasteiger partial charge in [-0.3, -0.25) is 4.21 Å². The maximum atomic E-state index is 12.2. The third kappa shape index (κ3) is 3.40. The van der Waals surface area contributed by atoms with Gasteiger partial charge in [-0.2, -0.15) is 0 Å². The van der Waals surface area contributed by atoms with Gasteiger partial charge < -0.3 is 4.74 Å². The van der Waals surface area contributed by atoms with E-state index in [-0.39, 0.29) is 0 Å². The lowest BCUT2D eigenvalue weighted by molar-refractivity contribution is 0.397. The molecule has 0 spiro atoms. The van der Waals surface area contributed by atoms with E-state index in [0.29, 0.717) is 11.6 Å². The standard InChI is InChI=1S/C13H12BrNO2S/c1-17-13-7-3-5-11(15-13)9-18(16)12-6-2-4-10(14)8-12/h2-8H,9H2,1H3/t18-/m1/s1. The normalized spacial score (nSPS) is 12.1. The highest BCUT2D eigenvalue weighted by Gasteiger charge is 2.07. The number of benzene rings is 1. The summed E-state index contributed by atoms with van der Waals surface area (Å²) in [5.74, 6) is 0.923. The Morgan fingerprint density at radius 1 is 1.28 bits per heavy atom. The Labute approximate surface area is 117 Å². The van der Waals surface area contributed by atoms with E-state index in [0.717, 1.165) is 15.1 Å². The second-order valence-corrected chi connectivity index (χ2v) is 5.99. The van der Waals surface area contributed by atoms with Crippen LogP contribution in [0.4, 0.5) is 0 Å². The minimum absolute atomic E-state index is 0.383. The molecule has 1 heterocycles. The Balaban J connectivity index is 2.16. The van der Waals surface area contributed by atoms with Gasteiger partial charge in [0.05, 0.1) is 29.4 Å². The van der Waals surface area contributed by atoms with Crippen LogP contribution in [0, 0.1) is 0 Å². The predicted molar refractivity (Wildman–Crippen MR) is 75.0 cm³/mol. The smallest absolute Gasteiger partial charge is 0.213 e. The quantitative estimate of drug-likeness (QED) is 0.866. The van der Waals surface area contributed by atoms with E-state index >= 15 is 0 Å². The molecule has 18 heavy (non-hydrogen) atoms. The fourth-order valence-corrected chi connectivity index (χ4v) is 3.11. The number of aromatic nitrogens is 1. The van der Waals surface area contributed by atoms with Crippen molar-refractivity contribution in [2.45, 2.75) is 10.6 Å². The molecule has 0 fully saturated rings. The molecule has 0 saturated carbocycles. The number of methoxy groups -OCH3 is 1. The molecule has 0 amide bonds. The molecule has 1 atom stereocenters. The molecule has 1 aromatic heterocycles. The Morgan fingerprint density at radius 3 is 2.78 bits per heavy atom. The molecule has 0 aliphatic heterocycles. The van der Waals surface area contributed by atoms with Crippen LogP contribution in [0.1, 0.15) is 5.69 Å². The maximum absolute atomic E-state index is 12.2. The zero-order chi connectivity index (χ0) is 13.0. The molecule has 0 aliphatic rings. The summed E-state index contributed by atoms with van der Waals surface area (Å²) in [4.78, 5) is 5.04. The van der Waals surface area contributed by atoms with Crippen LogP contribution in [0.2, 0.25) is 0 Å². The first kappa shape index (κ1) is 13.2. The Bertz CT molecular complexity index is 574. The fourth-order valence-electron chi connectivity index (χ4n) is 1.48. The molecule has 0 N–H and O–H groups in total. The first-order valence-electron chi connectivity index (χ1n) is 5.33. The van der Waals surface area contributed by atoms with Gasteiger partial charge in [0.2, 0.25) is 5.88 Å². The molecule has 3 nitrogen and oxygen atoms in total. The van der Waals surface area contributed by atoms with Crippen LogP contribution >= 0.6 is 15.9 Å². The summed E-state index contributed by atoms with van der Waals surface area (Å²) < 4.78 is 18.1. The van der Waals surface area contributed by atoms with Crippen LogP contribution in [0.5, 0.6) is 5.88 Å². The van der Waals surface area contributed by atoms with Crippen molar-refractivity contribution in [2.75, 3.05) is 7.11 Å². The molecule has 0 aliphatic carbocycles. The molecule has 2 aromatic rings. The fraction of sp³-hybridized carbons (Fsp3) is 0.154. The summed E-state index contributed by atoms with van der Waals surface area (Å²) >= 11 is 3.37. The number of rotatable bonds is 4. The lowest BCUT2D eigenvalue weighted by atomic mass is 10.4. The summed E-state index contributed by atoms with van der Waals surface area (Å²) in [6.07, 6.45) is 0. The van der Waals surface area contributed by atoms with Gasteiger partial charge in [-0.05, 0) is 24.3 Å². The molecular formula is C13H12BrNO2S. The summed E-state index contributed by atoms with van der Waals surface area (Å²) in [6, 6.07) is 12.9. The monoisotopic (exact) mass is 325 g/mol. The van der Waals surface area contributed by atoms with Crippen LogP contribution in [-0.2, 0) is 16.6 Å². The number of halogens is 1. The van der Waals surface area contributed by atoms with Gasteiger partial charge in [0.15, 0.2) is 0 Å². The molecular weight excluding hydrogens is 314 g/mol. The van der Waals surface area contributed by atoms with Gasteiger partial charge in [-0.15, -0.1) is 0 Å². The SMILES string of the molecule is COc1cccc(C[S@@](=O)c2cccc(Br)c2)n1. The van der Waals surface area contributed by atoms with E-state index in [1.54, 1.807) is 13.2 Å². The highest BCUT2D eigenvalue weighted by molar-refractivity contribution is 9.10. The van der Waals surface area contributed by atoms with Crippen molar-refractivity contribution in [1.29, 1.82) is 0 Å². The third-order valence-electron chi connectivity index (χ3n) is 2.33. The van der Waals surface area contributed by atoms with Crippen LogP contribution in [0.25, 0.3) is 0 Å². The van der Waals surface area contributed by atoms with Crippen molar-refractivity contribution in [3.05, 3.63) is 52.6 Å². The molecule has 0 radical (unpaired) electrons. The predicted octanol–water partition coefficient (Wildman–Crippen LogP) is 3.16. The molecule has 0 bridgehead atoms. The van der Waals surface area contributed by atoms with E-state index in [1.807, 2.05) is 36.4 Å². The Morgan fingerprint density at radius 2 is 2.06 bits per heavy atom. The van der Waals surface area contributed by atoms with E-state index in [4.69, 9.17) is 4.74 Å². The molecule has 0 unspecified atom stereocenters. The number of hydrogen-bond acceptors (Lipinski definition) is 3. The Hall–Kier alpha value is -1.20. The maximum Gasteiger partial charge on any atom is 0.213 e. The van der Waals surface area contributed by atoms with E-state index < -0.39 is 10.8 Å². The minimum Gasteiger partial charge on any atom is -0.481 e. The number of nitrogens with zero attached hydrogens (tertiary/aromatic N) is 1. The van der Waals surface area contributed by atoms with Crippen molar-refractivity contribution >= 4 is 26.7 Å². The molecule has 0 saturated heterocycles. The minimum atomic E-state index is -1.10. The van der Waals surface area contributed by atoms with Gasteiger partial charge in [0.25, 0.3) is 0 Å². The lowest BCUT2D eigenvalue weighted by Gasteiger charge is -2.04. The van der Waals surface area contributed by atoms with Gasteiger partial charge in [-0.1, -0.05) is 28.1 Å². The first-order chi connectivity index (χ1) is 8.69. The summed E-state index contributed by atoms with van der Waals surface area (Å²) in [5, 5.41) is 0. The Kier molecular flexibility index (Phi) is 4.49. The van der Waals surface area contributed by atoms with Gasteiger partial charge in [0.1, 0.15) is 0 Å². The van der Waals surface area contributed by atoms with Gasteiger partial charge >= 0.3 is 0 Å². The van der Waals surface area contributed by atoms with Crippen LogP contribution < -0.4 is 4.74 Å². The van der Waals surface area contributed by atoms with Crippen molar-refractivity contribution in [3.63, 3.8) is 0 Å². The highest BCUT2D eigenvalue weighted by atomic mass is 79.9. The zero-order valence-electron chi connectivity index (χ0n) is 9.80. The topological polar surface area (TPSA) is 39.2 Å². The number of pyridine rings is 1. The third-order valence-corrected chi connectivity index (χ3v) is 4.16. The van der Waals surface area contributed by atoms with Crippen LogP contribution in [0.15, 0.2) is 51.8 Å². The average molecular weight is 326 g/mol. The molecule has 5 heteroatoms. The van der Waals surface area contributed by atoms with Crippen molar-refractivity contribution in [1.82, 2.24) is 4.98 Å². The van der Waals surface area contributed by atoms with Crippen LogP contribution in [0.3, 0.4) is 0 Å². The molecule has 2 rings (SSSR count). The van der Waals surface area contributed by atoms with Gasteiger partial charge in [-0.25, -0.2) is 4.98 Å². The number of ether oxygens (including phenoxy) is 1. The van der Waals surface area contributed by atoms with Crippen molar-refractivity contribution in [2.24, 2.45) is 0 Å². The zero-order valence-corrected chi connectivity index (χ0v) is 12.2. The van der Waals surface area contributed by atoms with Gasteiger partial charge in [0, 0.05) is 15.4 Å². The van der Waals surface area contributed by atoms with E-state index in [2.05, 4.69) is 20.9 Å². The van der Waals surface area contributed by atoms with Crippen molar-refractivity contribution < 1.29 is 8.95 Å². The molecule has 1 aromatic carbocycles. The summed E-state index contributed by atoms with van der Waals surface area (Å²) in [7, 11) is 0.464. The highest BCUT2D eigenvalue weighted by Crippen LogP contribution is 2.17. The second-order valence-electron chi connectivity index (χ2n) is 3.62. The summed E-state index contributed by atoms with van der Waals surface area (Å²) in [6.45, 7) is 0. The van der Waals surface area contributed by atoms with Crippen LogP contribution in [-0.4, -0.2) is 16.3 Å². The number of hydrogen-bond donors (Lipinski definition) is 0. The summed E-state index contributed by atoms with van der Waals surface area (Å²) in [5.41, 5.74) is 0.757.